The number of nitrogens with zero attached hydrogens (tertiary/aromatic N) is 5. The Morgan fingerprint density at radius 3 is 1.94 bits per heavy atom. The van der Waals surface area contributed by atoms with Gasteiger partial charge in [0.25, 0.3) is 0 Å². The monoisotopic (exact) mass is 223 g/mol. The lowest BCUT2D eigenvalue weighted by molar-refractivity contribution is 0.494. The molecule has 0 aromatic heterocycles. The molecule has 78 valence electrons. The van der Waals surface area contributed by atoms with Crippen molar-refractivity contribution in [2.24, 2.45) is 5.11 Å². The SMILES string of the molecule is N#Cc1c(F)c(F)c(N=[N+]=[N-])c(F)c1C#N. The number of halogens is 3. The fourth-order valence-electron chi connectivity index (χ4n) is 0.990. The minimum atomic E-state index is -1.80. The third-order valence-corrected chi connectivity index (χ3v) is 1.67. The maximum absolute atomic E-state index is 13.3. The summed E-state index contributed by atoms with van der Waals surface area (Å²) >= 11 is 0. The lowest BCUT2D eigenvalue weighted by Crippen LogP contribution is -1.99. The minimum absolute atomic E-state index is 0.996. The highest BCUT2D eigenvalue weighted by Crippen LogP contribution is 2.30. The van der Waals surface area contributed by atoms with E-state index in [0.29, 0.717) is 0 Å². The van der Waals surface area contributed by atoms with Gasteiger partial charge in [-0.05, 0) is 5.53 Å². The number of benzene rings is 1. The number of nitriles is 2. The van der Waals surface area contributed by atoms with Crippen molar-refractivity contribution in [1.82, 2.24) is 0 Å². The lowest BCUT2D eigenvalue weighted by Gasteiger charge is -2.03. The molecule has 0 bridgehead atoms. The zero-order chi connectivity index (χ0) is 12.3. The molecule has 0 spiro atoms. The van der Waals surface area contributed by atoms with Crippen LogP contribution in [0, 0.1) is 40.1 Å². The Morgan fingerprint density at radius 2 is 1.50 bits per heavy atom. The molecule has 0 unspecified atom stereocenters. The molecule has 8 heteroatoms. The Labute approximate surface area is 86.6 Å². The number of hydrogen-bond donors (Lipinski definition) is 0. The Balaban J connectivity index is 3.87. The summed E-state index contributed by atoms with van der Waals surface area (Å²) in [5.74, 6) is -5.08. The Hall–Kier alpha value is -2.70. The molecule has 1 aromatic rings. The zero-order valence-electron chi connectivity index (χ0n) is 7.37. The Kier molecular flexibility index (Phi) is 3.00. The third-order valence-electron chi connectivity index (χ3n) is 1.67. The van der Waals surface area contributed by atoms with Gasteiger partial charge in [-0.1, -0.05) is 5.11 Å². The molecule has 0 aliphatic carbocycles. The van der Waals surface area contributed by atoms with E-state index in [-0.39, 0.29) is 0 Å². The first kappa shape index (κ1) is 11.4. The van der Waals surface area contributed by atoms with Gasteiger partial charge in [-0.25, -0.2) is 13.2 Å². The summed E-state index contributed by atoms with van der Waals surface area (Å²) in [5.41, 5.74) is 4.68. The van der Waals surface area contributed by atoms with Crippen LogP contribution in [0.4, 0.5) is 18.9 Å². The van der Waals surface area contributed by atoms with Crippen molar-refractivity contribution >= 4 is 5.69 Å². The van der Waals surface area contributed by atoms with Gasteiger partial charge in [0.1, 0.15) is 29.0 Å². The molecular formula is C8F3N5. The van der Waals surface area contributed by atoms with E-state index in [1.165, 1.54) is 6.07 Å². The van der Waals surface area contributed by atoms with Crippen LogP contribution in [0.2, 0.25) is 0 Å². The quantitative estimate of drug-likeness (QED) is 0.316. The zero-order valence-corrected chi connectivity index (χ0v) is 7.37. The summed E-state index contributed by atoms with van der Waals surface area (Å²) in [4.78, 5) is 2.09. The van der Waals surface area contributed by atoms with Gasteiger partial charge < -0.3 is 0 Å². The summed E-state index contributed by atoms with van der Waals surface area (Å²) in [6, 6.07) is 2.35. The van der Waals surface area contributed by atoms with Crippen LogP contribution in [-0.4, -0.2) is 0 Å². The van der Waals surface area contributed by atoms with Crippen LogP contribution >= 0.6 is 0 Å². The van der Waals surface area contributed by atoms with Crippen LogP contribution in [0.25, 0.3) is 10.4 Å². The highest BCUT2D eigenvalue weighted by atomic mass is 19.2. The van der Waals surface area contributed by atoms with Crippen LogP contribution in [0.15, 0.2) is 5.11 Å². The molecule has 1 aromatic carbocycles. The number of hydrogen-bond acceptors (Lipinski definition) is 3. The van der Waals surface area contributed by atoms with Crippen LogP contribution < -0.4 is 0 Å². The van der Waals surface area contributed by atoms with E-state index < -0.39 is 34.3 Å². The molecule has 0 radical (unpaired) electrons. The highest BCUT2D eigenvalue weighted by molar-refractivity contribution is 5.57. The van der Waals surface area contributed by atoms with Gasteiger partial charge in [-0.3, -0.25) is 0 Å². The first-order valence-corrected chi connectivity index (χ1v) is 3.64. The summed E-state index contributed by atoms with van der Waals surface area (Å²) < 4.78 is 39.5. The van der Waals surface area contributed by atoms with Crippen molar-refractivity contribution in [2.75, 3.05) is 0 Å². The summed E-state index contributed by atoms with van der Waals surface area (Å²) in [7, 11) is 0. The fraction of sp³-hybridized carbons (Fsp3) is 0. The smallest absolute Gasteiger partial charge is 0.178 e. The maximum Gasteiger partial charge on any atom is 0.178 e. The van der Waals surface area contributed by atoms with E-state index in [0.717, 1.165) is 6.07 Å². The van der Waals surface area contributed by atoms with E-state index >= 15 is 0 Å². The van der Waals surface area contributed by atoms with Crippen molar-refractivity contribution in [2.45, 2.75) is 0 Å². The first-order chi connectivity index (χ1) is 7.58. The predicted molar refractivity (Wildman–Crippen MR) is 44.6 cm³/mol. The second-order valence-electron chi connectivity index (χ2n) is 2.45. The van der Waals surface area contributed by atoms with Gasteiger partial charge in [-0.2, -0.15) is 10.5 Å². The van der Waals surface area contributed by atoms with Crippen LogP contribution in [0.3, 0.4) is 0 Å². The average Bonchev–Trinajstić information content (AvgIpc) is 2.29. The van der Waals surface area contributed by atoms with Gasteiger partial charge in [0.2, 0.25) is 0 Å². The minimum Gasteiger partial charge on any atom is -0.205 e. The molecule has 0 amide bonds. The van der Waals surface area contributed by atoms with Crippen molar-refractivity contribution in [3.8, 4) is 12.1 Å². The Bertz CT molecular complexity index is 589. The molecule has 5 nitrogen and oxygen atoms in total. The van der Waals surface area contributed by atoms with Crippen molar-refractivity contribution < 1.29 is 13.2 Å². The average molecular weight is 223 g/mol. The van der Waals surface area contributed by atoms with Crippen LogP contribution in [-0.2, 0) is 0 Å². The van der Waals surface area contributed by atoms with E-state index in [1.807, 2.05) is 0 Å². The number of azide groups is 1. The topological polar surface area (TPSA) is 96.3 Å². The van der Waals surface area contributed by atoms with Crippen molar-refractivity contribution in [3.63, 3.8) is 0 Å². The summed E-state index contributed by atoms with van der Waals surface area (Å²) in [6.45, 7) is 0. The number of rotatable bonds is 1. The van der Waals surface area contributed by atoms with E-state index in [1.54, 1.807) is 0 Å². The second kappa shape index (κ2) is 4.22. The molecule has 16 heavy (non-hydrogen) atoms. The van der Waals surface area contributed by atoms with Crippen LogP contribution in [0.5, 0.6) is 0 Å². The van der Waals surface area contributed by atoms with E-state index in [4.69, 9.17) is 16.1 Å². The lowest BCUT2D eigenvalue weighted by atomic mass is 10.1. The molecule has 0 saturated heterocycles. The second-order valence-corrected chi connectivity index (χ2v) is 2.45. The van der Waals surface area contributed by atoms with Gasteiger partial charge in [-0.15, -0.1) is 0 Å². The van der Waals surface area contributed by atoms with E-state index in [2.05, 4.69) is 10.0 Å². The van der Waals surface area contributed by atoms with Crippen molar-refractivity contribution in [3.05, 3.63) is 39.0 Å². The van der Waals surface area contributed by atoms with Gasteiger partial charge in [0.05, 0.1) is 0 Å². The predicted octanol–water partition coefficient (Wildman–Crippen LogP) is 2.79. The standard InChI is InChI=1S/C8F3N5/c9-5-3(1-12)4(2-13)6(10)8(7(5)11)15-16-14. The third kappa shape index (κ3) is 1.50. The van der Waals surface area contributed by atoms with Crippen molar-refractivity contribution in [1.29, 1.82) is 10.5 Å². The fourth-order valence-corrected chi connectivity index (χ4v) is 0.990. The normalized spacial score (nSPS) is 8.81. The molecule has 0 heterocycles. The van der Waals surface area contributed by atoms with Crippen LogP contribution in [0.1, 0.15) is 11.1 Å². The molecule has 0 fully saturated rings. The molecule has 1 rings (SSSR count). The molecule has 0 atom stereocenters. The molecule has 0 N–H and O–H groups in total. The van der Waals surface area contributed by atoms with Gasteiger partial charge >= 0.3 is 0 Å². The van der Waals surface area contributed by atoms with Gasteiger partial charge in [0, 0.05) is 4.91 Å². The maximum atomic E-state index is 13.3. The molecular weight excluding hydrogens is 223 g/mol. The largest absolute Gasteiger partial charge is 0.205 e. The molecule has 0 aliphatic heterocycles. The molecule has 0 aliphatic rings. The Morgan fingerprint density at radius 1 is 1.00 bits per heavy atom. The first-order valence-electron chi connectivity index (χ1n) is 3.64. The molecule has 0 saturated carbocycles. The summed E-state index contributed by atoms with van der Waals surface area (Å²) in [5, 5.41) is 19.5. The highest BCUT2D eigenvalue weighted by Gasteiger charge is 2.24. The van der Waals surface area contributed by atoms with E-state index in [9.17, 15) is 13.2 Å². The van der Waals surface area contributed by atoms with Gasteiger partial charge in [0.15, 0.2) is 17.5 Å². The summed E-state index contributed by atoms with van der Waals surface area (Å²) in [6.07, 6.45) is 0.